The second-order valence-corrected chi connectivity index (χ2v) is 20.5. The molecule has 5 N–H and O–H groups in total. The lowest BCUT2D eigenvalue weighted by Crippen LogP contribution is -2.29. The molecule has 0 aliphatic rings. The van der Waals surface area contributed by atoms with Crippen molar-refractivity contribution in [3.05, 3.63) is 70.2 Å². The Balaban J connectivity index is 1.41. The van der Waals surface area contributed by atoms with E-state index in [2.05, 4.69) is 58.4 Å². The maximum atomic E-state index is 12.9. The molecule has 1 amide bonds. The number of carbonyl (C=O) groups is 3. The quantitative estimate of drug-likeness (QED) is 0.0135. The Bertz CT molecular complexity index is 2140. The largest absolute Gasteiger partial charge is 0.472 e. The number of hydrogen-bond acceptors (Lipinski definition) is 14. The molecule has 2 aromatic heterocycles. The van der Waals surface area contributed by atoms with Crippen LogP contribution in [0.5, 0.6) is 6.01 Å². The highest BCUT2D eigenvalue weighted by Crippen LogP contribution is 2.43. The van der Waals surface area contributed by atoms with Gasteiger partial charge < -0.3 is 39.9 Å². The number of allylic oxidation sites excluding steroid dienone is 4. The molecule has 0 bridgehead atoms. The monoisotopic (exact) mass is 1070 g/mol. The minimum Gasteiger partial charge on any atom is -0.461 e. The number of nitrogen functional groups attached to an aromatic ring is 1. The number of rotatable bonds is 46. The van der Waals surface area contributed by atoms with Crippen LogP contribution >= 0.6 is 7.82 Å². The Morgan fingerprint density at radius 1 is 0.693 bits per heavy atom. The number of benzene rings is 1. The summed E-state index contributed by atoms with van der Waals surface area (Å²) in [5.41, 5.74) is 7.06. The molecule has 2 heterocycles. The zero-order chi connectivity index (χ0) is 54.2. The van der Waals surface area contributed by atoms with Crippen molar-refractivity contribution in [2.75, 3.05) is 45.8 Å². The van der Waals surface area contributed by atoms with Crippen LogP contribution in [0.2, 0.25) is 0 Å². The molecular weight excluding hydrogens is 980 g/mol. The lowest BCUT2D eigenvalue weighted by molar-refractivity contribution is -0.193. The van der Waals surface area contributed by atoms with Crippen LogP contribution in [0.15, 0.2) is 53.4 Å². The number of phosphoric acid groups is 1. The summed E-state index contributed by atoms with van der Waals surface area (Å²) in [5, 5.41) is 2.62. The number of anilines is 1. The van der Waals surface area contributed by atoms with E-state index in [1.165, 1.54) is 88.7 Å². The number of amides is 1. The van der Waals surface area contributed by atoms with Gasteiger partial charge in [0.25, 0.3) is 12.2 Å². The summed E-state index contributed by atoms with van der Waals surface area (Å²) in [6.07, 6.45) is 36.8. The number of nitrogens with one attached hydrogen (secondary N) is 2. The summed E-state index contributed by atoms with van der Waals surface area (Å²) < 4.78 is 45.9. The number of nitrogens with zero attached hydrogens (tertiary/aromatic N) is 3. The standard InChI is InChI=1S/C56H91N6O12P/c1-4-6-8-10-12-14-16-18-20-22-24-26-28-30-32-34-48(63)73-50(74-49(64)35-33-31-29-27-25-23-21-19-17-15-13-11-9-7-5-2)45-72-75(67,68)71-41-40-58-54(65)47-38-36-46(37-39-47)44-62-53-51(59-56(62)66)52(57)60-55(61-53)70-43-42-69-3/h18-21,36-39,50H,4-17,22-35,40-45H2,1-3H3,(H,58,65)(H,59,66)(H,67,68)(H2,57,60,61)/b20-18-,21-19-. The van der Waals surface area contributed by atoms with Crippen molar-refractivity contribution in [3.8, 4) is 6.01 Å². The van der Waals surface area contributed by atoms with Crippen LogP contribution in [-0.4, -0.2) is 88.6 Å². The highest BCUT2D eigenvalue weighted by atomic mass is 31.2. The average molecular weight is 1070 g/mol. The van der Waals surface area contributed by atoms with Crippen LogP contribution in [0.1, 0.15) is 210 Å². The zero-order valence-corrected chi connectivity index (χ0v) is 46.4. The molecule has 0 fully saturated rings. The minimum atomic E-state index is -4.75. The molecule has 0 saturated heterocycles. The summed E-state index contributed by atoms with van der Waals surface area (Å²) in [6.45, 7) is 3.78. The number of esters is 2. The molecule has 75 heavy (non-hydrogen) atoms. The number of ether oxygens (including phenoxy) is 4. The van der Waals surface area contributed by atoms with Crippen LogP contribution in [0, 0.1) is 0 Å². The average Bonchev–Trinajstić information content (AvgIpc) is 3.71. The van der Waals surface area contributed by atoms with E-state index in [4.69, 9.17) is 33.7 Å². The van der Waals surface area contributed by atoms with Crippen molar-refractivity contribution in [2.45, 2.75) is 206 Å². The summed E-state index contributed by atoms with van der Waals surface area (Å²) in [4.78, 5) is 73.1. The Kier molecular flexibility index (Phi) is 34.7. The lowest BCUT2D eigenvalue weighted by Gasteiger charge is -2.20. The second kappa shape index (κ2) is 40.4. The van der Waals surface area contributed by atoms with Crippen LogP contribution in [0.3, 0.4) is 0 Å². The SMILES string of the molecule is CCCCCCCC/C=C\CCCCCCCC(=O)OC(COP(=O)(O)OCCNC(=O)c1ccc(Cn2c(=O)[nH]c3c(N)nc(OCCOC)nc32)cc1)OC(=O)CCCCCCC/C=C\CCCCCCCC. The molecule has 422 valence electrons. The smallest absolute Gasteiger partial charge is 0.461 e. The Morgan fingerprint density at radius 3 is 1.69 bits per heavy atom. The molecule has 1 atom stereocenters. The van der Waals surface area contributed by atoms with Crippen LogP contribution < -0.4 is 21.5 Å². The minimum absolute atomic E-state index is 0.00533. The highest BCUT2D eigenvalue weighted by molar-refractivity contribution is 7.47. The number of unbranched alkanes of at least 4 members (excludes halogenated alkanes) is 22. The Morgan fingerprint density at radius 2 is 1.19 bits per heavy atom. The number of hydrogen-bond donors (Lipinski definition) is 4. The van der Waals surface area contributed by atoms with E-state index in [1.807, 2.05) is 0 Å². The molecule has 3 rings (SSSR count). The molecule has 18 nitrogen and oxygen atoms in total. The number of nitrogens with two attached hydrogens (primary N) is 1. The number of H-pyrrole nitrogens is 1. The number of carbonyl (C=O) groups excluding carboxylic acids is 3. The molecule has 1 unspecified atom stereocenters. The van der Waals surface area contributed by atoms with Gasteiger partial charge in [-0.25, -0.2) is 9.36 Å². The molecule has 0 radical (unpaired) electrons. The van der Waals surface area contributed by atoms with Crippen LogP contribution in [0.25, 0.3) is 11.2 Å². The van der Waals surface area contributed by atoms with Crippen molar-refractivity contribution in [1.82, 2.24) is 24.8 Å². The molecule has 0 aliphatic heterocycles. The Hall–Kier alpha value is -4.87. The van der Waals surface area contributed by atoms with Crippen LogP contribution in [0.4, 0.5) is 5.82 Å². The van der Waals surface area contributed by atoms with Gasteiger partial charge in [-0.05, 0) is 81.9 Å². The van der Waals surface area contributed by atoms with Gasteiger partial charge in [0.1, 0.15) is 18.7 Å². The number of imidazole rings is 1. The fourth-order valence-electron chi connectivity index (χ4n) is 8.21. The van der Waals surface area contributed by atoms with Crippen molar-refractivity contribution in [2.24, 2.45) is 0 Å². The van der Waals surface area contributed by atoms with E-state index in [1.54, 1.807) is 24.3 Å². The first-order valence-corrected chi connectivity index (χ1v) is 29.5. The van der Waals surface area contributed by atoms with Gasteiger partial charge >= 0.3 is 31.5 Å². The van der Waals surface area contributed by atoms with E-state index < -0.39 is 50.9 Å². The van der Waals surface area contributed by atoms with Gasteiger partial charge in [-0.15, -0.1) is 0 Å². The topological polar surface area (TPSA) is 246 Å². The van der Waals surface area contributed by atoms with Gasteiger partial charge in [0.15, 0.2) is 11.5 Å². The number of aromatic nitrogens is 4. The van der Waals surface area contributed by atoms with E-state index in [-0.39, 0.29) is 61.1 Å². The van der Waals surface area contributed by atoms with Gasteiger partial charge in [-0.1, -0.05) is 153 Å². The van der Waals surface area contributed by atoms with E-state index in [0.29, 0.717) is 25.0 Å². The fourth-order valence-corrected chi connectivity index (χ4v) is 8.91. The summed E-state index contributed by atoms with van der Waals surface area (Å²) in [7, 11) is -3.22. The lowest BCUT2D eigenvalue weighted by atomic mass is 10.1. The molecule has 1 aromatic carbocycles. The van der Waals surface area contributed by atoms with Crippen molar-refractivity contribution < 1.29 is 51.8 Å². The molecule has 0 spiro atoms. The van der Waals surface area contributed by atoms with Crippen LogP contribution in [-0.2, 0) is 44.0 Å². The molecule has 0 saturated carbocycles. The van der Waals surface area contributed by atoms with E-state index >= 15 is 0 Å². The predicted octanol–water partition coefficient (Wildman–Crippen LogP) is 12.1. The normalized spacial score (nSPS) is 12.5. The summed E-state index contributed by atoms with van der Waals surface area (Å²) in [6, 6.07) is 6.45. The maximum Gasteiger partial charge on any atom is 0.472 e. The summed E-state index contributed by atoms with van der Waals surface area (Å²) in [5.74, 6) is -1.65. The number of aromatic amines is 1. The fraction of sp³-hybridized carbons (Fsp3) is 0.679. The zero-order valence-electron chi connectivity index (χ0n) is 45.5. The van der Waals surface area contributed by atoms with Gasteiger partial charge in [0.2, 0.25) is 0 Å². The van der Waals surface area contributed by atoms with Crippen molar-refractivity contribution >= 4 is 42.7 Å². The Labute approximate surface area is 446 Å². The van der Waals surface area contributed by atoms with Gasteiger partial charge in [0, 0.05) is 32.1 Å². The van der Waals surface area contributed by atoms with Crippen molar-refractivity contribution in [3.63, 3.8) is 0 Å². The number of fused-ring (bicyclic) bond motifs is 1. The molecular formula is C56H91N6O12P. The highest BCUT2D eigenvalue weighted by Gasteiger charge is 2.27. The summed E-state index contributed by atoms with van der Waals surface area (Å²) >= 11 is 0. The first kappa shape index (κ1) is 64.4. The number of phosphoric ester groups is 1. The van der Waals surface area contributed by atoms with Gasteiger partial charge in [0.05, 0.1) is 19.8 Å². The van der Waals surface area contributed by atoms with E-state index in [9.17, 15) is 28.6 Å². The molecule has 0 aliphatic carbocycles. The predicted molar refractivity (Wildman–Crippen MR) is 294 cm³/mol. The van der Waals surface area contributed by atoms with E-state index in [0.717, 1.165) is 77.0 Å². The van der Waals surface area contributed by atoms with Gasteiger partial charge in [-0.2, -0.15) is 9.97 Å². The first-order valence-electron chi connectivity index (χ1n) is 28.0. The first-order chi connectivity index (χ1) is 36.5. The third-order valence-corrected chi connectivity index (χ3v) is 13.5. The third-order valence-electron chi connectivity index (χ3n) is 12.5. The third kappa shape index (κ3) is 29.9. The molecule has 19 heteroatoms. The van der Waals surface area contributed by atoms with Crippen molar-refractivity contribution in [1.29, 1.82) is 0 Å². The number of methoxy groups -OCH3 is 1. The maximum absolute atomic E-state index is 12.9. The second-order valence-electron chi connectivity index (χ2n) is 19.1. The van der Waals surface area contributed by atoms with Gasteiger partial charge in [-0.3, -0.25) is 28.0 Å². The molecule has 3 aromatic rings.